The lowest BCUT2D eigenvalue weighted by Crippen LogP contribution is -2.44. The Hall–Kier alpha value is -1.80. The number of ether oxygens (including phenoxy) is 1. The summed E-state index contributed by atoms with van der Waals surface area (Å²) in [7, 11) is 1.83. The fraction of sp³-hybridized carbons (Fsp3) is 0.600. The summed E-state index contributed by atoms with van der Waals surface area (Å²) in [5, 5.41) is 13.7. The monoisotopic (exact) mass is 253 g/mol. The van der Waals surface area contributed by atoms with E-state index < -0.39 is 4.92 Å². The first-order valence-electron chi connectivity index (χ1n) is 5.66. The third kappa shape index (κ3) is 3.11. The van der Waals surface area contributed by atoms with E-state index in [0.717, 1.165) is 13.1 Å². The van der Waals surface area contributed by atoms with E-state index in [2.05, 4.69) is 15.3 Å². The molecule has 1 N–H and O–H groups in total. The van der Waals surface area contributed by atoms with Gasteiger partial charge in [-0.2, -0.15) is 0 Å². The summed E-state index contributed by atoms with van der Waals surface area (Å²) in [5.74, 6) is 0.453. The second kappa shape index (κ2) is 5.69. The molecule has 98 valence electrons. The van der Waals surface area contributed by atoms with E-state index in [0.29, 0.717) is 19.1 Å². The lowest BCUT2D eigenvalue weighted by atomic mass is 10.3. The number of nitrogens with one attached hydrogen (secondary N) is 1. The van der Waals surface area contributed by atoms with Gasteiger partial charge in [0.25, 0.3) is 0 Å². The van der Waals surface area contributed by atoms with Gasteiger partial charge in [-0.15, -0.1) is 0 Å². The van der Waals surface area contributed by atoms with Crippen molar-refractivity contribution in [1.82, 2.24) is 15.3 Å². The molecule has 1 atom stereocenters. The third-order valence-electron chi connectivity index (χ3n) is 2.66. The number of hydrogen-bond acceptors (Lipinski definition) is 7. The van der Waals surface area contributed by atoms with Crippen molar-refractivity contribution in [2.24, 2.45) is 0 Å². The number of likely N-dealkylation sites (N-methyl/N-ethyl adjacent to an activating group) is 1. The van der Waals surface area contributed by atoms with Gasteiger partial charge in [-0.3, -0.25) is 10.1 Å². The van der Waals surface area contributed by atoms with Gasteiger partial charge in [0.1, 0.15) is 12.4 Å². The van der Waals surface area contributed by atoms with Crippen LogP contribution in [0.15, 0.2) is 12.4 Å². The van der Waals surface area contributed by atoms with Gasteiger partial charge in [-0.1, -0.05) is 0 Å². The van der Waals surface area contributed by atoms with Crippen LogP contribution in [0.4, 0.5) is 11.6 Å². The number of hydrogen-bond donors (Lipinski definition) is 1. The molecule has 2 heterocycles. The highest BCUT2D eigenvalue weighted by molar-refractivity contribution is 5.33. The molecule has 1 unspecified atom stereocenters. The average Bonchev–Trinajstić information content (AvgIpc) is 2.40. The fourth-order valence-electron chi connectivity index (χ4n) is 1.73. The van der Waals surface area contributed by atoms with Crippen LogP contribution in [0.25, 0.3) is 0 Å². The van der Waals surface area contributed by atoms with Crippen LogP contribution in [-0.2, 0) is 4.74 Å². The quantitative estimate of drug-likeness (QED) is 0.587. The SMILES string of the molecule is CN(CC1CNCCO1)c1ncc([N+](=O)[O-])cn1. The summed E-state index contributed by atoms with van der Waals surface area (Å²) in [6.45, 7) is 3.00. The molecule has 2 rings (SSSR count). The van der Waals surface area contributed by atoms with Crippen LogP contribution in [0.5, 0.6) is 0 Å². The summed E-state index contributed by atoms with van der Waals surface area (Å²) in [5.41, 5.74) is -0.109. The number of nitrogens with zero attached hydrogens (tertiary/aromatic N) is 4. The van der Waals surface area contributed by atoms with Gasteiger partial charge in [0, 0.05) is 26.7 Å². The zero-order chi connectivity index (χ0) is 13.0. The summed E-state index contributed by atoms with van der Waals surface area (Å²) in [4.78, 5) is 19.7. The lowest BCUT2D eigenvalue weighted by molar-refractivity contribution is -0.385. The lowest BCUT2D eigenvalue weighted by Gasteiger charge is -2.27. The smallest absolute Gasteiger partial charge is 0.305 e. The van der Waals surface area contributed by atoms with Gasteiger partial charge in [0.2, 0.25) is 5.95 Å². The van der Waals surface area contributed by atoms with Gasteiger partial charge in [-0.05, 0) is 0 Å². The van der Waals surface area contributed by atoms with Crippen LogP contribution in [0.2, 0.25) is 0 Å². The first-order valence-corrected chi connectivity index (χ1v) is 5.66. The van der Waals surface area contributed by atoms with Crippen molar-refractivity contribution in [3.63, 3.8) is 0 Å². The normalized spacial score (nSPS) is 19.5. The minimum absolute atomic E-state index is 0.0857. The molecule has 0 saturated carbocycles. The molecule has 0 aromatic carbocycles. The third-order valence-corrected chi connectivity index (χ3v) is 2.66. The van der Waals surface area contributed by atoms with Gasteiger partial charge in [0.05, 0.1) is 17.6 Å². The minimum Gasteiger partial charge on any atom is -0.374 e. The number of nitro groups is 1. The molecule has 0 amide bonds. The van der Waals surface area contributed by atoms with Crippen molar-refractivity contribution in [3.8, 4) is 0 Å². The molecule has 8 heteroatoms. The highest BCUT2D eigenvalue weighted by Crippen LogP contribution is 2.11. The molecule has 0 spiro atoms. The van der Waals surface area contributed by atoms with E-state index in [1.165, 1.54) is 12.4 Å². The van der Waals surface area contributed by atoms with Crippen LogP contribution in [-0.4, -0.2) is 54.3 Å². The van der Waals surface area contributed by atoms with Crippen LogP contribution in [0, 0.1) is 10.1 Å². The summed E-state index contributed by atoms with van der Waals surface area (Å²) in [6, 6.07) is 0. The molecule has 1 aromatic heterocycles. The Kier molecular flexibility index (Phi) is 4.00. The topological polar surface area (TPSA) is 93.4 Å². The molecular weight excluding hydrogens is 238 g/mol. The number of aromatic nitrogens is 2. The van der Waals surface area contributed by atoms with E-state index in [1.807, 2.05) is 11.9 Å². The number of anilines is 1. The maximum atomic E-state index is 10.5. The minimum atomic E-state index is -0.516. The summed E-state index contributed by atoms with van der Waals surface area (Å²) in [6.07, 6.45) is 2.50. The van der Waals surface area contributed by atoms with E-state index in [4.69, 9.17) is 4.74 Å². The molecule has 1 aliphatic rings. The van der Waals surface area contributed by atoms with Crippen LogP contribution >= 0.6 is 0 Å². The molecule has 8 nitrogen and oxygen atoms in total. The van der Waals surface area contributed by atoms with E-state index in [9.17, 15) is 10.1 Å². The number of morpholine rings is 1. The fourth-order valence-corrected chi connectivity index (χ4v) is 1.73. The molecule has 1 saturated heterocycles. The van der Waals surface area contributed by atoms with Crippen LogP contribution in [0.3, 0.4) is 0 Å². The molecule has 1 fully saturated rings. The predicted molar refractivity (Wildman–Crippen MR) is 64.6 cm³/mol. The van der Waals surface area contributed by atoms with Crippen LogP contribution in [0.1, 0.15) is 0 Å². The standard InChI is InChI=1S/C10H15N5O3/c1-14(7-9-6-11-2-3-18-9)10-12-4-8(5-13-10)15(16)17/h4-5,9,11H,2-3,6-7H2,1H3. The second-order valence-corrected chi connectivity index (χ2v) is 4.08. The van der Waals surface area contributed by atoms with Gasteiger partial charge >= 0.3 is 5.69 Å². The maximum absolute atomic E-state index is 10.5. The largest absolute Gasteiger partial charge is 0.374 e. The zero-order valence-electron chi connectivity index (χ0n) is 10.1. The van der Waals surface area contributed by atoms with Gasteiger partial charge in [0.15, 0.2) is 0 Å². The van der Waals surface area contributed by atoms with Crippen molar-refractivity contribution in [2.45, 2.75) is 6.10 Å². The first-order chi connectivity index (χ1) is 8.66. The van der Waals surface area contributed by atoms with Crippen molar-refractivity contribution in [1.29, 1.82) is 0 Å². The highest BCUT2D eigenvalue weighted by atomic mass is 16.6. The molecular formula is C10H15N5O3. The molecule has 0 bridgehead atoms. The second-order valence-electron chi connectivity index (χ2n) is 4.08. The Morgan fingerprint density at radius 1 is 1.61 bits per heavy atom. The van der Waals surface area contributed by atoms with Crippen molar-refractivity contribution in [3.05, 3.63) is 22.5 Å². The zero-order valence-corrected chi connectivity index (χ0v) is 10.1. The van der Waals surface area contributed by atoms with Gasteiger partial charge in [-0.25, -0.2) is 9.97 Å². The average molecular weight is 253 g/mol. The van der Waals surface area contributed by atoms with Crippen molar-refractivity contribution in [2.75, 3.05) is 38.2 Å². The van der Waals surface area contributed by atoms with E-state index >= 15 is 0 Å². The molecule has 18 heavy (non-hydrogen) atoms. The van der Waals surface area contributed by atoms with E-state index in [1.54, 1.807) is 0 Å². The van der Waals surface area contributed by atoms with Gasteiger partial charge < -0.3 is 15.0 Å². The number of rotatable bonds is 4. The Labute approximate surface area is 104 Å². The highest BCUT2D eigenvalue weighted by Gasteiger charge is 2.17. The molecule has 0 radical (unpaired) electrons. The molecule has 0 aliphatic carbocycles. The first kappa shape index (κ1) is 12.7. The molecule has 1 aliphatic heterocycles. The van der Waals surface area contributed by atoms with Crippen molar-refractivity contribution >= 4 is 11.6 Å². The Balaban J connectivity index is 1.95. The Morgan fingerprint density at radius 3 is 2.89 bits per heavy atom. The Bertz CT molecular complexity index is 404. The maximum Gasteiger partial charge on any atom is 0.305 e. The summed E-state index contributed by atoms with van der Waals surface area (Å²) < 4.78 is 5.56. The van der Waals surface area contributed by atoms with Crippen LogP contribution < -0.4 is 10.2 Å². The Morgan fingerprint density at radius 2 is 2.33 bits per heavy atom. The van der Waals surface area contributed by atoms with E-state index in [-0.39, 0.29) is 11.8 Å². The van der Waals surface area contributed by atoms with Crippen molar-refractivity contribution < 1.29 is 9.66 Å². The summed E-state index contributed by atoms with van der Waals surface area (Å²) >= 11 is 0. The predicted octanol–water partition coefficient (Wildman–Crippen LogP) is -0.191. The molecule has 1 aromatic rings.